The second-order valence-corrected chi connectivity index (χ2v) is 20.9. The van der Waals surface area contributed by atoms with Crippen LogP contribution in [0.25, 0.3) is 0 Å². The van der Waals surface area contributed by atoms with E-state index in [-0.39, 0.29) is 54.6 Å². The summed E-state index contributed by atoms with van der Waals surface area (Å²) in [6.45, 7) is 22.2. The van der Waals surface area contributed by atoms with Crippen molar-refractivity contribution < 1.29 is 64.1 Å². The van der Waals surface area contributed by atoms with Crippen LogP contribution in [-0.2, 0) is 61.3 Å². The van der Waals surface area contributed by atoms with Crippen molar-refractivity contribution in [3.05, 3.63) is 0 Å². The Bertz CT molecular complexity index is 927. The van der Waals surface area contributed by atoms with Gasteiger partial charge >= 0.3 is 195 Å². The Labute approximate surface area is 350 Å². The van der Waals surface area contributed by atoms with Crippen molar-refractivity contribution in [2.45, 2.75) is 132 Å². The predicted molar refractivity (Wildman–Crippen MR) is 205 cm³/mol. The van der Waals surface area contributed by atoms with Gasteiger partial charge in [0.15, 0.2) is 5.25 Å². The number of rotatable bonds is 32. The van der Waals surface area contributed by atoms with Crippen LogP contribution in [0.3, 0.4) is 0 Å². The van der Waals surface area contributed by atoms with Crippen LogP contribution >= 0.6 is 0 Å². The van der Waals surface area contributed by atoms with Gasteiger partial charge in [-0.05, 0) is 24.7 Å². The minimum atomic E-state index is -4.76. The van der Waals surface area contributed by atoms with E-state index >= 15 is 0 Å². The van der Waals surface area contributed by atoms with Gasteiger partial charge < -0.3 is 9.47 Å². The third kappa shape index (κ3) is 26.6. The van der Waals surface area contributed by atoms with Gasteiger partial charge in [0.1, 0.15) is 0 Å². The third-order valence-corrected chi connectivity index (χ3v) is 18.6. The third-order valence-electron chi connectivity index (χ3n) is 7.26. The van der Waals surface area contributed by atoms with Gasteiger partial charge in [-0.2, -0.15) is 8.42 Å². The van der Waals surface area contributed by atoms with Gasteiger partial charge in [-0.3, -0.25) is 14.1 Å². The SMILES string of the molecule is CCCCC(CC)COC(=O)CC(C(=O)OCC(CC)CCCC)S(=O)(=O)O.CCO[Si](OCC)(OCC)[O][Sn][O][Si](OCC)(OCC)OCC.[NaH]. The summed E-state index contributed by atoms with van der Waals surface area (Å²) >= 11 is -1.86. The first-order chi connectivity index (χ1) is 24.3. The van der Waals surface area contributed by atoms with E-state index in [1.165, 1.54) is 0 Å². The van der Waals surface area contributed by atoms with Crippen molar-refractivity contribution in [3.63, 3.8) is 0 Å². The molecule has 0 fully saturated rings. The molecular formula is C32H69NaO15SSi2Sn. The normalized spacial score (nSPS) is 13.7. The van der Waals surface area contributed by atoms with Gasteiger partial charge in [0.25, 0.3) is 10.1 Å². The van der Waals surface area contributed by atoms with Crippen LogP contribution in [0.15, 0.2) is 0 Å². The molecule has 0 rings (SSSR count). The van der Waals surface area contributed by atoms with E-state index in [9.17, 15) is 22.6 Å². The zero-order valence-corrected chi connectivity index (χ0v) is 38.5. The number of hydrogen-bond acceptors (Lipinski definition) is 14. The van der Waals surface area contributed by atoms with Gasteiger partial charge in [0.05, 0.1) is 19.6 Å². The van der Waals surface area contributed by atoms with Crippen molar-refractivity contribution in [2.24, 2.45) is 11.8 Å². The van der Waals surface area contributed by atoms with E-state index in [4.69, 9.17) is 41.6 Å². The summed E-state index contributed by atoms with van der Waals surface area (Å²) in [7, 11) is -11.1. The molecule has 52 heavy (non-hydrogen) atoms. The molecule has 0 aromatic carbocycles. The minimum absolute atomic E-state index is 0. The maximum absolute atomic E-state index is 12.2. The Balaban J connectivity index is -0.000000923. The molecule has 3 atom stereocenters. The molecule has 0 aliphatic carbocycles. The second kappa shape index (κ2) is 35.0. The summed E-state index contributed by atoms with van der Waals surface area (Å²) in [5, 5.41) is -1.95. The molecule has 0 saturated carbocycles. The van der Waals surface area contributed by atoms with Crippen LogP contribution in [0.5, 0.6) is 0 Å². The summed E-state index contributed by atoms with van der Waals surface area (Å²) in [5.41, 5.74) is 0. The summed E-state index contributed by atoms with van der Waals surface area (Å²) in [4.78, 5) is 24.2. The Morgan fingerprint density at radius 3 is 1.25 bits per heavy atom. The number of ether oxygens (including phenoxy) is 2. The van der Waals surface area contributed by atoms with E-state index in [1.807, 2.05) is 55.4 Å². The van der Waals surface area contributed by atoms with Gasteiger partial charge in [0.2, 0.25) is 0 Å². The van der Waals surface area contributed by atoms with Gasteiger partial charge in [-0.25, -0.2) is 0 Å². The van der Waals surface area contributed by atoms with Crippen LogP contribution in [0, 0.1) is 11.8 Å². The van der Waals surface area contributed by atoms with Crippen molar-refractivity contribution in [3.8, 4) is 0 Å². The van der Waals surface area contributed by atoms with E-state index < -0.39 is 73.8 Å². The molecule has 3 unspecified atom stereocenters. The summed E-state index contributed by atoms with van der Waals surface area (Å²) < 4.78 is 88.3. The first-order valence-corrected chi connectivity index (χ1v) is 25.6. The summed E-state index contributed by atoms with van der Waals surface area (Å²) in [5.74, 6) is -1.61. The molecule has 0 amide bonds. The number of carbonyl (C=O) groups is 2. The molecule has 1 N–H and O–H groups in total. The summed E-state index contributed by atoms with van der Waals surface area (Å²) in [6, 6.07) is 0. The van der Waals surface area contributed by atoms with Gasteiger partial charge in [-0.15, -0.1) is 0 Å². The molecule has 0 bridgehead atoms. The quantitative estimate of drug-likeness (QED) is 0.0532. The standard InChI is InChI=1S/C20H38O7S.2C6H15O4Si.Na.Sn.H/c1-5-9-11-16(7-3)14-26-19(21)13-18(28(23,24)25)20(22)27-15-17(8-4)12-10-6-2;2*1-4-8-11(7,9-5-2)10-6-3;;;/h16-18H,5-15H2,1-4H3,(H,23,24,25);2*4-6H2,1-3H3;;;/q;2*-1;;+2;. The molecule has 0 aliphatic rings. The van der Waals surface area contributed by atoms with Crippen molar-refractivity contribution in [2.75, 3.05) is 52.9 Å². The van der Waals surface area contributed by atoms with E-state index in [0.717, 1.165) is 51.4 Å². The van der Waals surface area contributed by atoms with Gasteiger partial charge in [-0.1, -0.05) is 66.2 Å². The van der Waals surface area contributed by atoms with Crippen LogP contribution in [0.2, 0.25) is 0 Å². The van der Waals surface area contributed by atoms with Crippen LogP contribution in [-0.4, -0.2) is 153 Å². The Kier molecular flexibility index (Phi) is 38.4. The molecule has 20 heteroatoms. The molecule has 2 radical (unpaired) electrons. The molecule has 15 nitrogen and oxygen atoms in total. The van der Waals surface area contributed by atoms with E-state index in [2.05, 4.69) is 13.8 Å². The van der Waals surface area contributed by atoms with Crippen molar-refractivity contribution >= 4 is 91.7 Å². The number of carbonyl (C=O) groups excluding carboxylic acids is 2. The molecule has 0 heterocycles. The number of hydrogen-bond donors (Lipinski definition) is 1. The van der Waals surface area contributed by atoms with Crippen LogP contribution < -0.4 is 0 Å². The Hall–Kier alpha value is 0.762. The molecular weight excluding hydrogens is 854 g/mol. The fourth-order valence-electron chi connectivity index (χ4n) is 4.43. The van der Waals surface area contributed by atoms with Crippen molar-refractivity contribution in [1.29, 1.82) is 0 Å². The topological polar surface area (TPSA) is 181 Å². The molecule has 0 aliphatic heterocycles. The Morgan fingerprint density at radius 1 is 0.615 bits per heavy atom. The maximum atomic E-state index is 12.2. The Morgan fingerprint density at radius 2 is 0.962 bits per heavy atom. The average molecular weight is 924 g/mol. The molecule has 306 valence electrons. The van der Waals surface area contributed by atoms with Crippen LogP contribution in [0.4, 0.5) is 0 Å². The van der Waals surface area contributed by atoms with E-state index in [1.54, 1.807) is 0 Å². The first-order valence-electron chi connectivity index (χ1n) is 18.5. The summed E-state index contributed by atoms with van der Waals surface area (Å²) in [6.07, 6.45) is 6.74. The zero-order valence-electron chi connectivity index (χ0n) is 32.8. The van der Waals surface area contributed by atoms with E-state index in [0.29, 0.717) is 39.6 Å². The molecule has 0 aromatic rings. The molecule has 0 spiro atoms. The fraction of sp³-hybridized carbons (Fsp3) is 0.938. The second-order valence-electron chi connectivity index (χ2n) is 11.2. The predicted octanol–water partition coefficient (Wildman–Crippen LogP) is 5.15. The monoisotopic (exact) mass is 924 g/mol. The zero-order chi connectivity index (χ0) is 39.2. The molecule has 0 aromatic heterocycles. The first kappa shape index (κ1) is 57.1. The number of esters is 2. The van der Waals surface area contributed by atoms with Crippen molar-refractivity contribution in [1.82, 2.24) is 0 Å². The fourth-order valence-corrected chi connectivity index (χ4v) is 14.3. The van der Waals surface area contributed by atoms with Gasteiger partial charge in [0, 0.05) is 0 Å². The average Bonchev–Trinajstić information content (AvgIpc) is 3.08. The van der Waals surface area contributed by atoms with Crippen LogP contribution in [0.1, 0.15) is 127 Å². The molecule has 0 saturated heterocycles. The number of unbranched alkanes of at least 4 members (excludes halogenated alkanes) is 2.